The number of amides is 1. The molecule has 1 aliphatic rings. The summed E-state index contributed by atoms with van der Waals surface area (Å²) in [5.41, 5.74) is 15.1. The Morgan fingerprint density at radius 1 is 1.25 bits per heavy atom. The van der Waals surface area contributed by atoms with Gasteiger partial charge in [0.1, 0.15) is 11.6 Å². The number of hydrogen-bond donors (Lipinski definition) is 3. The van der Waals surface area contributed by atoms with Crippen molar-refractivity contribution in [1.82, 2.24) is 14.5 Å². The maximum absolute atomic E-state index is 12.1. The molecule has 4 rings (SSSR count). The van der Waals surface area contributed by atoms with Crippen molar-refractivity contribution in [3.63, 3.8) is 0 Å². The number of anilines is 2. The molecule has 0 aliphatic carbocycles. The normalized spacial score (nSPS) is 15.6. The molecule has 8 heteroatoms. The van der Waals surface area contributed by atoms with Gasteiger partial charge in [-0.25, -0.2) is 4.98 Å². The first kappa shape index (κ1) is 18.1. The van der Waals surface area contributed by atoms with E-state index in [4.69, 9.17) is 16.5 Å². The van der Waals surface area contributed by atoms with E-state index in [1.165, 1.54) is 0 Å². The minimum Gasteiger partial charge on any atom is -0.508 e. The minimum absolute atomic E-state index is 0.140. The molecule has 1 fully saturated rings. The number of nitrogen functional groups attached to an aromatic ring is 1. The Morgan fingerprint density at radius 3 is 2.54 bits per heavy atom. The van der Waals surface area contributed by atoms with E-state index in [0.29, 0.717) is 28.2 Å². The van der Waals surface area contributed by atoms with Crippen molar-refractivity contribution in [1.29, 1.82) is 0 Å². The highest BCUT2D eigenvalue weighted by Gasteiger charge is 2.36. The topological polar surface area (TPSA) is 123 Å². The van der Waals surface area contributed by atoms with Gasteiger partial charge in [0.25, 0.3) is 5.91 Å². The lowest BCUT2D eigenvalue weighted by molar-refractivity contribution is 0.100. The van der Waals surface area contributed by atoms with Gasteiger partial charge in [0, 0.05) is 24.8 Å². The molecule has 0 atom stereocenters. The van der Waals surface area contributed by atoms with Crippen molar-refractivity contribution in [2.24, 2.45) is 11.1 Å². The van der Waals surface area contributed by atoms with Gasteiger partial charge >= 0.3 is 0 Å². The second-order valence-electron chi connectivity index (χ2n) is 8.26. The van der Waals surface area contributed by atoms with E-state index >= 15 is 0 Å². The van der Waals surface area contributed by atoms with Crippen molar-refractivity contribution in [2.45, 2.75) is 27.7 Å². The molecule has 1 aromatic carbocycles. The summed E-state index contributed by atoms with van der Waals surface area (Å²) < 4.78 is 1.69. The lowest BCUT2D eigenvalue weighted by atomic mass is 9.85. The first-order chi connectivity index (χ1) is 13.1. The van der Waals surface area contributed by atoms with Crippen LogP contribution in [0.5, 0.6) is 5.75 Å². The van der Waals surface area contributed by atoms with Gasteiger partial charge in [-0.15, -0.1) is 0 Å². The van der Waals surface area contributed by atoms with E-state index in [1.54, 1.807) is 29.8 Å². The fourth-order valence-corrected chi connectivity index (χ4v) is 4.01. The molecule has 3 heterocycles. The molecule has 3 aromatic rings. The molecular weight excluding hydrogens is 356 g/mol. The van der Waals surface area contributed by atoms with E-state index in [-0.39, 0.29) is 22.5 Å². The highest BCUT2D eigenvalue weighted by Crippen LogP contribution is 2.37. The van der Waals surface area contributed by atoms with Crippen molar-refractivity contribution in [3.05, 3.63) is 35.0 Å². The lowest BCUT2D eigenvalue weighted by Crippen LogP contribution is -2.53. The van der Waals surface area contributed by atoms with Gasteiger partial charge in [-0.05, 0) is 30.9 Å². The highest BCUT2D eigenvalue weighted by molar-refractivity contribution is 6.11. The number of hydrogen-bond acceptors (Lipinski definition) is 6. The molecule has 0 radical (unpaired) electrons. The summed E-state index contributed by atoms with van der Waals surface area (Å²) in [6, 6.07) is 3.43. The van der Waals surface area contributed by atoms with Crippen LogP contribution in [0.2, 0.25) is 0 Å². The van der Waals surface area contributed by atoms with Gasteiger partial charge in [0.15, 0.2) is 5.65 Å². The number of aryl methyl sites for hydroxylation is 1. The average Bonchev–Trinajstić information content (AvgIpc) is 2.88. The van der Waals surface area contributed by atoms with Crippen LogP contribution < -0.4 is 16.4 Å². The summed E-state index contributed by atoms with van der Waals surface area (Å²) in [5.74, 6) is 0.270. The van der Waals surface area contributed by atoms with Crippen molar-refractivity contribution in [2.75, 3.05) is 23.7 Å². The molecule has 1 saturated heterocycles. The summed E-state index contributed by atoms with van der Waals surface area (Å²) >= 11 is 0. The Kier molecular flexibility index (Phi) is 3.78. The number of nitrogens with two attached hydrogens (primary N) is 2. The van der Waals surface area contributed by atoms with E-state index < -0.39 is 5.91 Å². The number of aromatic nitrogens is 3. The lowest BCUT2D eigenvalue weighted by Gasteiger charge is -2.45. The number of aromatic hydroxyl groups is 1. The number of phenolic OH excluding ortho intramolecular Hbond substituents is 1. The zero-order valence-electron chi connectivity index (χ0n) is 16.4. The van der Waals surface area contributed by atoms with E-state index in [9.17, 15) is 9.90 Å². The molecule has 0 unspecified atom stereocenters. The Morgan fingerprint density at radius 2 is 1.93 bits per heavy atom. The molecule has 28 heavy (non-hydrogen) atoms. The highest BCUT2D eigenvalue weighted by atomic mass is 16.3. The van der Waals surface area contributed by atoms with Crippen LogP contribution in [-0.4, -0.2) is 38.6 Å². The number of carbonyl (C=O) groups excluding carboxylic acids is 1. The largest absolute Gasteiger partial charge is 0.508 e. The van der Waals surface area contributed by atoms with Crippen LogP contribution >= 0.6 is 0 Å². The average molecular weight is 380 g/mol. The Hall–Kier alpha value is -3.29. The fourth-order valence-electron chi connectivity index (χ4n) is 4.01. The van der Waals surface area contributed by atoms with E-state index in [0.717, 1.165) is 18.7 Å². The van der Waals surface area contributed by atoms with Gasteiger partial charge in [-0.2, -0.15) is 4.98 Å². The third kappa shape index (κ3) is 2.56. The van der Waals surface area contributed by atoms with Crippen LogP contribution in [0.1, 0.15) is 35.3 Å². The van der Waals surface area contributed by atoms with Gasteiger partial charge < -0.3 is 21.5 Å². The summed E-state index contributed by atoms with van der Waals surface area (Å²) in [7, 11) is 0. The summed E-state index contributed by atoms with van der Waals surface area (Å²) in [6.07, 6.45) is 1.60. The van der Waals surface area contributed by atoms with Crippen LogP contribution in [-0.2, 0) is 0 Å². The van der Waals surface area contributed by atoms with Crippen molar-refractivity contribution in [3.8, 4) is 11.4 Å². The predicted molar refractivity (Wildman–Crippen MR) is 109 cm³/mol. The van der Waals surface area contributed by atoms with Gasteiger partial charge in [-0.1, -0.05) is 19.9 Å². The second-order valence-corrected chi connectivity index (χ2v) is 8.26. The SMILES string of the molecule is Cc1ccc(O)c(C)c1-n1c(N)c(C(N)=O)c2cnc(N3CC(C)(C)C3)nc21. The van der Waals surface area contributed by atoms with Crippen LogP contribution in [0.15, 0.2) is 18.3 Å². The summed E-state index contributed by atoms with van der Waals surface area (Å²) in [5, 5.41) is 10.7. The summed E-state index contributed by atoms with van der Waals surface area (Å²) in [4.78, 5) is 23.3. The summed E-state index contributed by atoms with van der Waals surface area (Å²) in [6.45, 7) is 9.79. The smallest absolute Gasteiger partial charge is 0.253 e. The zero-order valence-corrected chi connectivity index (χ0v) is 16.4. The number of primary amides is 1. The first-order valence-electron chi connectivity index (χ1n) is 9.12. The van der Waals surface area contributed by atoms with Crippen LogP contribution in [0.3, 0.4) is 0 Å². The Balaban J connectivity index is 2.01. The van der Waals surface area contributed by atoms with Crippen LogP contribution in [0.25, 0.3) is 16.7 Å². The minimum atomic E-state index is -0.641. The maximum Gasteiger partial charge on any atom is 0.253 e. The Bertz CT molecular complexity index is 1120. The monoisotopic (exact) mass is 380 g/mol. The predicted octanol–water partition coefficient (Wildman–Crippen LogP) is 2.27. The second kappa shape index (κ2) is 5.85. The molecule has 1 amide bonds. The molecule has 5 N–H and O–H groups in total. The quantitative estimate of drug-likeness (QED) is 0.640. The van der Waals surface area contributed by atoms with E-state index in [2.05, 4.69) is 23.7 Å². The van der Waals surface area contributed by atoms with Gasteiger partial charge in [0.2, 0.25) is 5.95 Å². The molecule has 2 aromatic heterocycles. The third-order valence-corrected chi connectivity index (χ3v) is 5.33. The molecular formula is C20H24N6O2. The molecule has 0 bridgehead atoms. The Labute approximate surface area is 162 Å². The number of benzene rings is 1. The van der Waals surface area contributed by atoms with Crippen LogP contribution in [0, 0.1) is 19.3 Å². The zero-order chi connectivity index (χ0) is 20.4. The molecule has 0 spiro atoms. The molecule has 0 saturated carbocycles. The van der Waals surface area contributed by atoms with Gasteiger partial charge in [0.05, 0.1) is 16.6 Å². The van der Waals surface area contributed by atoms with E-state index in [1.807, 2.05) is 6.92 Å². The first-order valence-corrected chi connectivity index (χ1v) is 9.12. The van der Waals surface area contributed by atoms with Crippen molar-refractivity contribution < 1.29 is 9.90 Å². The van der Waals surface area contributed by atoms with Gasteiger partial charge in [-0.3, -0.25) is 9.36 Å². The fraction of sp³-hybridized carbons (Fsp3) is 0.350. The molecule has 8 nitrogen and oxygen atoms in total. The number of carbonyl (C=O) groups is 1. The third-order valence-electron chi connectivity index (χ3n) is 5.33. The number of phenols is 1. The van der Waals surface area contributed by atoms with Crippen molar-refractivity contribution >= 4 is 28.7 Å². The number of rotatable bonds is 3. The molecule has 1 aliphatic heterocycles. The molecule has 146 valence electrons. The van der Waals surface area contributed by atoms with Crippen LogP contribution in [0.4, 0.5) is 11.8 Å². The maximum atomic E-state index is 12.1. The standard InChI is InChI=1S/C20H24N6O2/c1-10-5-6-13(27)11(2)15(10)26-16(21)14(17(22)28)12-7-23-19(24-18(12)26)25-8-20(3,4)9-25/h5-7,27H,8-9,21H2,1-4H3,(H2,22,28). The number of nitrogens with zero attached hydrogens (tertiary/aromatic N) is 4. The number of fused-ring (bicyclic) bond motifs is 1.